The number of para-hydroxylation sites is 1. The fraction of sp³-hybridized carbons (Fsp3) is 0.350. The molecule has 1 saturated heterocycles. The van der Waals surface area contributed by atoms with E-state index in [1.165, 1.54) is 5.69 Å². The molecule has 1 fully saturated rings. The molecule has 132 valence electrons. The van der Waals surface area contributed by atoms with Crippen molar-refractivity contribution in [3.8, 4) is 5.75 Å². The maximum absolute atomic E-state index is 12.5. The van der Waals surface area contributed by atoms with Crippen molar-refractivity contribution in [3.63, 3.8) is 0 Å². The van der Waals surface area contributed by atoms with Gasteiger partial charge in [-0.25, -0.2) is 0 Å². The maximum atomic E-state index is 12.5. The van der Waals surface area contributed by atoms with E-state index < -0.39 is 0 Å². The first-order valence-corrected chi connectivity index (χ1v) is 8.66. The summed E-state index contributed by atoms with van der Waals surface area (Å²) in [5, 5.41) is 2.99. The monoisotopic (exact) mass is 339 g/mol. The van der Waals surface area contributed by atoms with Crippen molar-refractivity contribution in [3.05, 3.63) is 54.6 Å². The molecule has 5 nitrogen and oxygen atoms in total. The van der Waals surface area contributed by atoms with Crippen LogP contribution in [0.5, 0.6) is 5.75 Å². The zero-order chi connectivity index (χ0) is 17.6. The highest BCUT2D eigenvalue weighted by Crippen LogP contribution is 2.22. The van der Waals surface area contributed by atoms with Gasteiger partial charge in [-0.3, -0.25) is 9.69 Å². The van der Waals surface area contributed by atoms with Gasteiger partial charge in [0.15, 0.2) is 0 Å². The minimum atomic E-state index is -0.146. The lowest BCUT2D eigenvalue weighted by Crippen LogP contribution is -2.52. The van der Waals surface area contributed by atoms with E-state index in [1.807, 2.05) is 49.4 Å². The van der Waals surface area contributed by atoms with Crippen LogP contribution < -0.4 is 15.0 Å². The second-order valence-corrected chi connectivity index (χ2v) is 6.26. The highest BCUT2D eigenvalue weighted by Gasteiger charge is 2.25. The van der Waals surface area contributed by atoms with E-state index in [0.29, 0.717) is 0 Å². The highest BCUT2D eigenvalue weighted by molar-refractivity contribution is 5.94. The van der Waals surface area contributed by atoms with Crippen LogP contribution in [0.4, 0.5) is 11.4 Å². The van der Waals surface area contributed by atoms with E-state index >= 15 is 0 Å². The molecule has 0 saturated carbocycles. The van der Waals surface area contributed by atoms with Gasteiger partial charge in [-0.2, -0.15) is 0 Å². The Kier molecular flexibility index (Phi) is 5.56. The molecule has 1 N–H and O–H groups in total. The van der Waals surface area contributed by atoms with E-state index in [2.05, 4.69) is 27.2 Å². The quantitative estimate of drug-likeness (QED) is 0.910. The molecular formula is C20H25N3O2. The largest absolute Gasteiger partial charge is 0.497 e. The molecule has 25 heavy (non-hydrogen) atoms. The number of hydrogen-bond acceptors (Lipinski definition) is 4. The molecule has 0 aliphatic carbocycles. The summed E-state index contributed by atoms with van der Waals surface area (Å²) in [5.74, 6) is 0.913. The zero-order valence-corrected chi connectivity index (χ0v) is 14.8. The molecule has 1 aliphatic rings. The van der Waals surface area contributed by atoms with E-state index in [1.54, 1.807) is 7.11 Å². The van der Waals surface area contributed by atoms with Crippen molar-refractivity contribution in [2.24, 2.45) is 0 Å². The number of amides is 1. The van der Waals surface area contributed by atoms with Gasteiger partial charge in [-0.15, -0.1) is 0 Å². The van der Waals surface area contributed by atoms with Gasteiger partial charge in [-0.1, -0.05) is 24.3 Å². The Morgan fingerprint density at radius 2 is 1.76 bits per heavy atom. The maximum Gasteiger partial charge on any atom is 0.241 e. The zero-order valence-electron chi connectivity index (χ0n) is 14.8. The second-order valence-electron chi connectivity index (χ2n) is 6.26. The number of nitrogens with one attached hydrogen (secondary N) is 1. The van der Waals surface area contributed by atoms with Crippen LogP contribution >= 0.6 is 0 Å². The van der Waals surface area contributed by atoms with Crippen LogP contribution in [-0.4, -0.2) is 50.1 Å². The summed E-state index contributed by atoms with van der Waals surface area (Å²) < 4.78 is 5.30. The van der Waals surface area contributed by atoms with Gasteiger partial charge in [0, 0.05) is 43.6 Å². The molecule has 5 heteroatoms. The number of carbonyl (C=O) groups excluding carboxylic acids is 1. The van der Waals surface area contributed by atoms with Crippen LogP contribution in [0.25, 0.3) is 0 Å². The lowest BCUT2D eigenvalue weighted by Gasteiger charge is -2.38. The number of methoxy groups -OCH3 is 1. The van der Waals surface area contributed by atoms with Gasteiger partial charge in [0.2, 0.25) is 5.91 Å². The third-order valence-corrected chi connectivity index (χ3v) is 4.70. The van der Waals surface area contributed by atoms with Crippen LogP contribution in [0.15, 0.2) is 54.6 Å². The Morgan fingerprint density at radius 1 is 1.04 bits per heavy atom. The number of anilines is 2. The fourth-order valence-electron chi connectivity index (χ4n) is 3.11. The third kappa shape index (κ3) is 4.31. The molecule has 2 aromatic rings. The van der Waals surface area contributed by atoms with E-state index in [9.17, 15) is 4.79 Å². The van der Waals surface area contributed by atoms with E-state index in [4.69, 9.17) is 4.74 Å². The Morgan fingerprint density at radius 3 is 2.44 bits per heavy atom. The van der Waals surface area contributed by atoms with Gasteiger partial charge in [0.05, 0.1) is 13.2 Å². The molecular weight excluding hydrogens is 314 g/mol. The molecule has 0 spiro atoms. The standard InChI is InChI=1S/C20H25N3O2/c1-16(20(24)21-17-7-4-3-5-8-17)22-11-13-23(14-12-22)18-9-6-10-19(15-18)25-2/h3-10,15-16H,11-14H2,1-2H3,(H,21,24)/t16-/m1/s1. The summed E-state index contributed by atoms with van der Waals surface area (Å²) in [6.45, 7) is 5.49. The molecule has 3 rings (SSSR count). The van der Waals surface area contributed by atoms with Gasteiger partial charge in [-0.05, 0) is 31.2 Å². The average molecular weight is 339 g/mol. The van der Waals surface area contributed by atoms with Crippen LogP contribution in [-0.2, 0) is 4.79 Å². The molecule has 1 atom stereocenters. The van der Waals surface area contributed by atoms with Crippen LogP contribution in [0.2, 0.25) is 0 Å². The number of rotatable bonds is 5. The number of ether oxygens (including phenoxy) is 1. The van der Waals surface area contributed by atoms with Gasteiger partial charge < -0.3 is 15.0 Å². The molecule has 0 unspecified atom stereocenters. The molecule has 2 aromatic carbocycles. The van der Waals surface area contributed by atoms with E-state index in [-0.39, 0.29) is 11.9 Å². The second kappa shape index (κ2) is 8.03. The fourth-order valence-corrected chi connectivity index (χ4v) is 3.11. The first-order chi connectivity index (χ1) is 12.2. The number of carbonyl (C=O) groups is 1. The van der Waals surface area contributed by atoms with Crippen LogP contribution in [0.3, 0.4) is 0 Å². The average Bonchev–Trinajstić information content (AvgIpc) is 2.68. The van der Waals surface area contributed by atoms with Crippen LogP contribution in [0, 0.1) is 0 Å². The number of hydrogen-bond donors (Lipinski definition) is 1. The normalized spacial score (nSPS) is 16.3. The van der Waals surface area contributed by atoms with Crippen LogP contribution in [0.1, 0.15) is 6.92 Å². The topological polar surface area (TPSA) is 44.8 Å². The predicted octanol–water partition coefficient (Wildman–Crippen LogP) is 2.84. The Balaban J connectivity index is 1.55. The van der Waals surface area contributed by atoms with Gasteiger partial charge >= 0.3 is 0 Å². The molecule has 0 bridgehead atoms. The Hall–Kier alpha value is -2.53. The smallest absolute Gasteiger partial charge is 0.241 e. The summed E-state index contributed by atoms with van der Waals surface area (Å²) in [6, 6.07) is 17.6. The summed E-state index contributed by atoms with van der Waals surface area (Å²) >= 11 is 0. The van der Waals surface area contributed by atoms with Crippen molar-refractivity contribution in [1.82, 2.24) is 4.90 Å². The minimum Gasteiger partial charge on any atom is -0.497 e. The lowest BCUT2D eigenvalue weighted by atomic mass is 10.2. The first-order valence-electron chi connectivity index (χ1n) is 8.66. The van der Waals surface area contributed by atoms with Crippen molar-refractivity contribution in [2.75, 3.05) is 43.5 Å². The highest BCUT2D eigenvalue weighted by atomic mass is 16.5. The summed E-state index contributed by atoms with van der Waals surface area (Å²) in [4.78, 5) is 17.0. The Labute approximate surface area is 149 Å². The van der Waals surface area contributed by atoms with Crippen molar-refractivity contribution in [2.45, 2.75) is 13.0 Å². The van der Waals surface area contributed by atoms with Crippen molar-refractivity contribution in [1.29, 1.82) is 0 Å². The summed E-state index contributed by atoms with van der Waals surface area (Å²) in [7, 11) is 1.68. The molecule has 1 aliphatic heterocycles. The van der Waals surface area contributed by atoms with Crippen molar-refractivity contribution < 1.29 is 9.53 Å². The van der Waals surface area contributed by atoms with Gasteiger partial charge in [0.1, 0.15) is 5.75 Å². The summed E-state index contributed by atoms with van der Waals surface area (Å²) in [6.07, 6.45) is 0. The van der Waals surface area contributed by atoms with Gasteiger partial charge in [0.25, 0.3) is 0 Å². The lowest BCUT2D eigenvalue weighted by molar-refractivity contribution is -0.120. The molecule has 1 amide bonds. The third-order valence-electron chi connectivity index (χ3n) is 4.70. The molecule has 0 aromatic heterocycles. The first kappa shape index (κ1) is 17.3. The SMILES string of the molecule is COc1cccc(N2CCN([C@H](C)C(=O)Nc3ccccc3)CC2)c1. The minimum absolute atomic E-state index is 0.0426. The number of nitrogens with zero attached hydrogens (tertiary/aromatic N) is 2. The Bertz CT molecular complexity index is 697. The summed E-state index contributed by atoms with van der Waals surface area (Å²) in [5.41, 5.74) is 2.01. The van der Waals surface area contributed by atoms with Crippen molar-refractivity contribution >= 4 is 17.3 Å². The number of benzene rings is 2. The number of piperazine rings is 1. The molecule has 0 radical (unpaired) electrons. The molecule has 1 heterocycles. The van der Waals surface area contributed by atoms with E-state index in [0.717, 1.165) is 37.6 Å². The predicted molar refractivity (Wildman–Crippen MR) is 101 cm³/mol.